The molecule has 0 radical (unpaired) electrons. The van der Waals surface area contributed by atoms with Gasteiger partial charge in [0.2, 0.25) is 0 Å². The van der Waals surface area contributed by atoms with Gasteiger partial charge in [-0.1, -0.05) is 42.1 Å². The van der Waals surface area contributed by atoms with Crippen molar-refractivity contribution in [3.63, 3.8) is 0 Å². The Balaban J connectivity index is 1.43. The van der Waals surface area contributed by atoms with Crippen molar-refractivity contribution in [3.05, 3.63) is 60.3 Å². The molecular weight excluding hydrogens is 424 g/mol. The number of aromatic amines is 1. The number of carbonyl (C=O) groups excluding carboxylic acids is 1. The van der Waals surface area contributed by atoms with E-state index in [2.05, 4.69) is 25.8 Å². The molecule has 7 nitrogen and oxygen atoms in total. The average Bonchev–Trinajstić information content (AvgIpc) is 3.58. The number of aromatic nitrogens is 4. The van der Waals surface area contributed by atoms with Crippen molar-refractivity contribution in [3.8, 4) is 17.1 Å². The number of benzene rings is 2. The van der Waals surface area contributed by atoms with Crippen molar-refractivity contribution >= 4 is 28.4 Å². The molecule has 1 aliphatic rings. The van der Waals surface area contributed by atoms with Crippen LogP contribution in [0.4, 0.5) is 0 Å². The lowest BCUT2D eigenvalue weighted by Gasteiger charge is -2.14. The first-order valence-corrected chi connectivity index (χ1v) is 11.6. The first kappa shape index (κ1) is 20.8. The second-order valence-electron chi connectivity index (χ2n) is 7.74. The van der Waals surface area contributed by atoms with Crippen LogP contribution in [0.1, 0.15) is 23.2 Å². The maximum atomic E-state index is 12.8. The Morgan fingerprint density at radius 1 is 1.25 bits per heavy atom. The van der Waals surface area contributed by atoms with Crippen LogP contribution in [0.5, 0.6) is 5.75 Å². The quantitative estimate of drug-likeness (QED) is 0.314. The van der Waals surface area contributed by atoms with Crippen LogP contribution in [0.2, 0.25) is 0 Å². The van der Waals surface area contributed by atoms with Gasteiger partial charge < -0.3 is 14.5 Å². The van der Waals surface area contributed by atoms with Gasteiger partial charge in [0, 0.05) is 34.8 Å². The van der Waals surface area contributed by atoms with Gasteiger partial charge in [-0.15, -0.1) is 10.2 Å². The number of hydrogen-bond acceptors (Lipinski definition) is 6. The summed E-state index contributed by atoms with van der Waals surface area (Å²) in [7, 11) is 1.60. The Labute approximate surface area is 190 Å². The first-order valence-electron chi connectivity index (χ1n) is 10.6. The molecular formula is C24H24N4O3S. The van der Waals surface area contributed by atoms with Crippen LogP contribution in [-0.4, -0.2) is 51.1 Å². The number of H-pyrrole nitrogens is 1. The largest absolute Gasteiger partial charge is 0.497 e. The van der Waals surface area contributed by atoms with Gasteiger partial charge in [0.15, 0.2) is 16.8 Å². The number of carbonyl (C=O) groups is 1. The third-order valence-electron chi connectivity index (χ3n) is 5.68. The highest BCUT2D eigenvalue weighted by atomic mass is 32.2. The van der Waals surface area contributed by atoms with E-state index in [0.29, 0.717) is 17.9 Å². The molecule has 1 N–H and O–H groups in total. The van der Waals surface area contributed by atoms with Crippen molar-refractivity contribution in [1.29, 1.82) is 0 Å². The van der Waals surface area contributed by atoms with Gasteiger partial charge in [-0.05, 0) is 31.0 Å². The summed E-state index contributed by atoms with van der Waals surface area (Å²) in [6.07, 6.45) is 4.17. The zero-order valence-electron chi connectivity index (χ0n) is 17.8. The molecule has 0 amide bonds. The lowest BCUT2D eigenvalue weighted by Crippen LogP contribution is -2.17. The number of methoxy groups -OCH3 is 1. The molecule has 32 heavy (non-hydrogen) atoms. The highest BCUT2D eigenvalue weighted by molar-refractivity contribution is 7.99. The Kier molecular flexibility index (Phi) is 5.96. The highest BCUT2D eigenvalue weighted by Gasteiger charge is 2.23. The SMILES string of the molecule is COc1cccc(C(=O)CSc2nnc(-c3c[nH]c4ccccc34)n2CC2CCCO2)c1. The molecule has 5 rings (SSSR count). The minimum absolute atomic E-state index is 0.0224. The van der Waals surface area contributed by atoms with E-state index in [1.54, 1.807) is 19.2 Å². The number of nitrogens with one attached hydrogen (secondary N) is 1. The summed E-state index contributed by atoms with van der Waals surface area (Å²) in [6, 6.07) is 15.4. The smallest absolute Gasteiger partial charge is 0.192 e. The lowest BCUT2D eigenvalue weighted by molar-refractivity contribution is 0.0953. The molecule has 1 aliphatic heterocycles. The van der Waals surface area contributed by atoms with E-state index < -0.39 is 0 Å². The highest BCUT2D eigenvalue weighted by Crippen LogP contribution is 2.31. The first-order chi connectivity index (χ1) is 15.7. The molecule has 1 fully saturated rings. The molecule has 1 atom stereocenters. The molecule has 0 bridgehead atoms. The van der Waals surface area contributed by atoms with Crippen LogP contribution in [0.25, 0.3) is 22.3 Å². The predicted molar refractivity (Wildman–Crippen MR) is 124 cm³/mol. The standard InChI is InChI=1S/C24H24N4O3S/c1-30-17-7-4-6-16(12-17)22(29)15-32-24-27-26-23(28(24)14-18-8-5-11-31-18)20-13-25-21-10-3-2-9-19(20)21/h2-4,6-7,9-10,12-13,18,25H,5,8,11,14-15H2,1H3. The summed E-state index contributed by atoms with van der Waals surface area (Å²) < 4.78 is 13.2. The number of Topliss-reactive ketones (excluding diaryl/α,β-unsaturated/α-hetero) is 1. The average molecular weight is 449 g/mol. The molecule has 1 unspecified atom stereocenters. The molecule has 1 saturated heterocycles. The van der Waals surface area contributed by atoms with E-state index in [4.69, 9.17) is 9.47 Å². The number of fused-ring (bicyclic) bond motifs is 1. The fourth-order valence-electron chi connectivity index (χ4n) is 4.02. The summed E-state index contributed by atoms with van der Waals surface area (Å²) in [4.78, 5) is 16.1. The summed E-state index contributed by atoms with van der Waals surface area (Å²) >= 11 is 1.40. The van der Waals surface area contributed by atoms with E-state index in [1.165, 1.54) is 11.8 Å². The van der Waals surface area contributed by atoms with E-state index in [1.807, 2.05) is 36.5 Å². The second kappa shape index (κ2) is 9.18. The molecule has 8 heteroatoms. The van der Waals surface area contributed by atoms with Gasteiger partial charge in [-0.3, -0.25) is 9.36 Å². The number of ether oxygens (including phenoxy) is 2. The van der Waals surface area contributed by atoms with Crippen LogP contribution >= 0.6 is 11.8 Å². The number of hydrogen-bond donors (Lipinski definition) is 1. The van der Waals surface area contributed by atoms with Crippen molar-refractivity contribution in [1.82, 2.24) is 19.7 Å². The Hall–Kier alpha value is -3.10. The van der Waals surface area contributed by atoms with E-state index in [0.717, 1.165) is 46.9 Å². The molecule has 3 heterocycles. The third-order valence-corrected chi connectivity index (χ3v) is 6.65. The molecule has 2 aromatic heterocycles. The summed E-state index contributed by atoms with van der Waals surface area (Å²) in [6.45, 7) is 1.45. The predicted octanol–water partition coefficient (Wildman–Crippen LogP) is 4.59. The fourth-order valence-corrected chi connectivity index (χ4v) is 4.86. The van der Waals surface area contributed by atoms with Crippen LogP contribution in [0, 0.1) is 0 Å². The van der Waals surface area contributed by atoms with Gasteiger partial charge in [0.1, 0.15) is 5.75 Å². The van der Waals surface area contributed by atoms with Gasteiger partial charge >= 0.3 is 0 Å². The van der Waals surface area contributed by atoms with Crippen molar-refractivity contribution in [2.24, 2.45) is 0 Å². The lowest BCUT2D eigenvalue weighted by atomic mass is 10.1. The summed E-state index contributed by atoms with van der Waals surface area (Å²) in [5.74, 6) is 1.75. The third kappa shape index (κ3) is 4.16. The Morgan fingerprint density at radius 2 is 2.16 bits per heavy atom. The Morgan fingerprint density at radius 3 is 3.00 bits per heavy atom. The maximum Gasteiger partial charge on any atom is 0.192 e. The molecule has 0 saturated carbocycles. The monoisotopic (exact) mass is 448 g/mol. The zero-order chi connectivity index (χ0) is 21.9. The normalized spacial score (nSPS) is 16.0. The van der Waals surface area contributed by atoms with Crippen LogP contribution < -0.4 is 4.74 Å². The summed E-state index contributed by atoms with van der Waals surface area (Å²) in [5, 5.41) is 10.8. The number of para-hydroxylation sites is 1. The van der Waals surface area contributed by atoms with Gasteiger partial charge in [0.25, 0.3) is 0 Å². The van der Waals surface area contributed by atoms with Crippen LogP contribution in [-0.2, 0) is 11.3 Å². The van der Waals surface area contributed by atoms with Crippen molar-refractivity contribution in [2.45, 2.75) is 30.6 Å². The van der Waals surface area contributed by atoms with E-state index in [-0.39, 0.29) is 17.6 Å². The zero-order valence-corrected chi connectivity index (χ0v) is 18.6. The molecule has 0 aliphatic carbocycles. The minimum atomic E-state index is 0.0224. The number of ketones is 1. The van der Waals surface area contributed by atoms with Gasteiger partial charge in [-0.2, -0.15) is 0 Å². The van der Waals surface area contributed by atoms with Crippen LogP contribution in [0.3, 0.4) is 0 Å². The molecule has 0 spiro atoms. The van der Waals surface area contributed by atoms with Gasteiger partial charge in [-0.25, -0.2) is 0 Å². The molecule has 2 aromatic carbocycles. The second-order valence-corrected chi connectivity index (χ2v) is 8.69. The number of rotatable bonds is 8. The minimum Gasteiger partial charge on any atom is -0.497 e. The van der Waals surface area contributed by atoms with Gasteiger partial charge in [0.05, 0.1) is 25.5 Å². The number of nitrogens with zero attached hydrogens (tertiary/aromatic N) is 3. The van der Waals surface area contributed by atoms with E-state index in [9.17, 15) is 4.79 Å². The number of thioether (sulfide) groups is 1. The molecule has 164 valence electrons. The molecule has 4 aromatic rings. The Bertz CT molecular complexity index is 1240. The summed E-state index contributed by atoms with van der Waals surface area (Å²) in [5.41, 5.74) is 2.67. The van der Waals surface area contributed by atoms with Crippen molar-refractivity contribution in [2.75, 3.05) is 19.5 Å². The van der Waals surface area contributed by atoms with E-state index >= 15 is 0 Å². The van der Waals surface area contributed by atoms with Crippen LogP contribution in [0.15, 0.2) is 59.9 Å². The topological polar surface area (TPSA) is 82.0 Å². The van der Waals surface area contributed by atoms with Crippen molar-refractivity contribution < 1.29 is 14.3 Å². The fraction of sp³-hybridized carbons (Fsp3) is 0.292. The maximum absolute atomic E-state index is 12.8.